The molecule has 0 saturated heterocycles. The van der Waals surface area contributed by atoms with Gasteiger partial charge in [0.1, 0.15) is 0 Å². The van der Waals surface area contributed by atoms with Crippen molar-refractivity contribution in [2.24, 2.45) is 11.1 Å². The summed E-state index contributed by atoms with van der Waals surface area (Å²) in [5.41, 5.74) is 6.57. The Morgan fingerprint density at radius 3 is 2.56 bits per heavy atom. The molecule has 0 aliphatic heterocycles. The fourth-order valence-electron chi connectivity index (χ4n) is 1.23. The number of rotatable bonds is 3. The number of nitrogens with two attached hydrogens (primary N) is 1. The summed E-state index contributed by atoms with van der Waals surface area (Å²) in [6.45, 7) is 7.09. The van der Waals surface area contributed by atoms with Crippen LogP contribution in [0.15, 0.2) is 18.2 Å². The highest BCUT2D eigenvalue weighted by Crippen LogP contribution is 2.22. The van der Waals surface area contributed by atoms with Crippen LogP contribution in [0.2, 0.25) is 5.02 Å². The van der Waals surface area contributed by atoms with Crippen molar-refractivity contribution in [1.29, 1.82) is 0 Å². The van der Waals surface area contributed by atoms with Crippen LogP contribution in [0.25, 0.3) is 0 Å². The number of nitrogens with one attached hydrogen (secondary N) is 1. The molecule has 0 radical (unpaired) electrons. The lowest BCUT2D eigenvalue weighted by Crippen LogP contribution is -2.21. The lowest BCUT2D eigenvalue weighted by molar-refractivity contribution is 0.100. The summed E-state index contributed by atoms with van der Waals surface area (Å²) >= 11 is 5.82. The SMILES string of the molecule is CC(C)(C)CNc1ccc(Cl)cc1C(N)=O. The third-order valence-corrected chi connectivity index (χ3v) is 2.29. The van der Waals surface area contributed by atoms with Gasteiger partial charge in [0.2, 0.25) is 0 Å². The van der Waals surface area contributed by atoms with Gasteiger partial charge in [0, 0.05) is 17.3 Å². The second-order valence-corrected chi connectivity index (χ2v) is 5.40. The van der Waals surface area contributed by atoms with E-state index in [0.717, 1.165) is 12.2 Å². The maximum Gasteiger partial charge on any atom is 0.250 e. The minimum absolute atomic E-state index is 0.133. The molecule has 0 aliphatic carbocycles. The van der Waals surface area contributed by atoms with Crippen LogP contribution < -0.4 is 11.1 Å². The second kappa shape index (κ2) is 4.74. The van der Waals surface area contributed by atoms with Crippen LogP contribution in [0.5, 0.6) is 0 Å². The van der Waals surface area contributed by atoms with Gasteiger partial charge < -0.3 is 11.1 Å². The van der Waals surface area contributed by atoms with Crippen LogP contribution in [-0.2, 0) is 0 Å². The van der Waals surface area contributed by atoms with Crippen molar-refractivity contribution < 1.29 is 4.79 Å². The van der Waals surface area contributed by atoms with Gasteiger partial charge in [-0.05, 0) is 23.6 Å². The number of primary amides is 1. The molecule has 3 N–H and O–H groups in total. The van der Waals surface area contributed by atoms with Crippen molar-refractivity contribution in [2.75, 3.05) is 11.9 Å². The molecule has 0 heterocycles. The monoisotopic (exact) mass is 240 g/mol. The molecule has 88 valence electrons. The van der Waals surface area contributed by atoms with Crippen LogP contribution in [-0.4, -0.2) is 12.5 Å². The fourth-order valence-corrected chi connectivity index (χ4v) is 1.41. The van der Waals surface area contributed by atoms with E-state index >= 15 is 0 Å². The minimum Gasteiger partial charge on any atom is -0.384 e. The summed E-state index contributed by atoms with van der Waals surface area (Å²) in [5, 5.41) is 3.71. The maximum absolute atomic E-state index is 11.2. The van der Waals surface area contributed by atoms with Crippen molar-refractivity contribution in [2.45, 2.75) is 20.8 Å². The zero-order valence-corrected chi connectivity index (χ0v) is 10.6. The lowest BCUT2D eigenvalue weighted by Gasteiger charge is -2.20. The highest BCUT2D eigenvalue weighted by atomic mass is 35.5. The third kappa shape index (κ3) is 3.74. The molecule has 0 aliphatic rings. The Morgan fingerprint density at radius 1 is 1.44 bits per heavy atom. The van der Waals surface area contributed by atoms with Crippen LogP contribution in [0, 0.1) is 5.41 Å². The molecule has 0 spiro atoms. The van der Waals surface area contributed by atoms with Gasteiger partial charge in [0.05, 0.1) is 5.56 Å². The number of halogens is 1. The molecule has 3 nitrogen and oxygen atoms in total. The first-order valence-electron chi connectivity index (χ1n) is 5.13. The summed E-state index contributed by atoms with van der Waals surface area (Å²) in [7, 11) is 0. The van der Waals surface area contributed by atoms with Crippen LogP contribution >= 0.6 is 11.6 Å². The van der Waals surface area contributed by atoms with E-state index in [9.17, 15) is 4.79 Å². The average molecular weight is 241 g/mol. The van der Waals surface area contributed by atoms with E-state index in [1.807, 2.05) is 0 Å². The van der Waals surface area contributed by atoms with Crippen molar-refractivity contribution in [3.8, 4) is 0 Å². The predicted octanol–water partition coefficient (Wildman–Crippen LogP) is 2.90. The Labute approximate surface area is 101 Å². The summed E-state index contributed by atoms with van der Waals surface area (Å²) in [6.07, 6.45) is 0. The standard InChI is InChI=1S/C12H17ClN2O/c1-12(2,3)7-15-10-5-4-8(13)6-9(10)11(14)16/h4-6,15H,7H2,1-3H3,(H2,14,16). The molecular formula is C12H17ClN2O. The highest BCUT2D eigenvalue weighted by molar-refractivity contribution is 6.31. The van der Waals surface area contributed by atoms with Gasteiger partial charge in [-0.25, -0.2) is 0 Å². The van der Waals surface area contributed by atoms with Crippen molar-refractivity contribution in [1.82, 2.24) is 0 Å². The molecule has 1 amide bonds. The Morgan fingerprint density at radius 2 is 2.06 bits per heavy atom. The zero-order valence-electron chi connectivity index (χ0n) is 9.80. The number of hydrogen-bond acceptors (Lipinski definition) is 2. The zero-order chi connectivity index (χ0) is 12.3. The molecule has 1 aromatic carbocycles. The molecule has 16 heavy (non-hydrogen) atoms. The quantitative estimate of drug-likeness (QED) is 0.854. The van der Waals surface area contributed by atoms with E-state index in [0.29, 0.717) is 10.6 Å². The Bertz CT molecular complexity index is 396. The fraction of sp³-hybridized carbons (Fsp3) is 0.417. The van der Waals surface area contributed by atoms with Gasteiger partial charge in [-0.1, -0.05) is 32.4 Å². The highest BCUT2D eigenvalue weighted by Gasteiger charge is 2.13. The molecule has 4 heteroatoms. The summed E-state index contributed by atoms with van der Waals surface area (Å²) in [6, 6.07) is 5.09. The number of amides is 1. The van der Waals surface area contributed by atoms with Crippen LogP contribution in [0.1, 0.15) is 31.1 Å². The summed E-state index contributed by atoms with van der Waals surface area (Å²) in [4.78, 5) is 11.2. The van der Waals surface area contributed by atoms with E-state index in [2.05, 4.69) is 26.1 Å². The number of anilines is 1. The van der Waals surface area contributed by atoms with Crippen molar-refractivity contribution in [3.63, 3.8) is 0 Å². The van der Waals surface area contributed by atoms with E-state index in [1.54, 1.807) is 18.2 Å². The van der Waals surface area contributed by atoms with E-state index in [-0.39, 0.29) is 5.41 Å². The van der Waals surface area contributed by atoms with Gasteiger partial charge >= 0.3 is 0 Å². The molecule has 0 bridgehead atoms. The van der Waals surface area contributed by atoms with Gasteiger partial charge in [-0.15, -0.1) is 0 Å². The second-order valence-electron chi connectivity index (χ2n) is 4.97. The van der Waals surface area contributed by atoms with Gasteiger partial charge in [0.25, 0.3) is 5.91 Å². The molecule has 0 fully saturated rings. The van der Waals surface area contributed by atoms with Crippen molar-refractivity contribution in [3.05, 3.63) is 28.8 Å². The van der Waals surface area contributed by atoms with Crippen molar-refractivity contribution >= 4 is 23.2 Å². The number of carbonyl (C=O) groups is 1. The topological polar surface area (TPSA) is 55.1 Å². The van der Waals surface area contributed by atoms with E-state index < -0.39 is 5.91 Å². The Balaban J connectivity index is 2.91. The molecular weight excluding hydrogens is 224 g/mol. The average Bonchev–Trinajstić information content (AvgIpc) is 2.14. The van der Waals surface area contributed by atoms with Gasteiger partial charge in [-0.3, -0.25) is 4.79 Å². The number of carbonyl (C=O) groups excluding carboxylic acids is 1. The summed E-state index contributed by atoms with van der Waals surface area (Å²) in [5.74, 6) is -0.473. The molecule has 1 aromatic rings. The van der Waals surface area contributed by atoms with Gasteiger partial charge in [0.15, 0.2) is 0 Å². The summed E-state index contributed by atoms with van der Waals surface area (Å²) < 4.78 is 0. The smallest absolute Gasteiger partial charge is 0.250 e. The Kier molecular flexibility index (Phi) is 3.81. The molecule has 0 saturated carbocycles. The van der Waals surface area contributed by atoms with E-state index in [4.69, 9.17) is 17.3 Å². The number of benzene rings is 1. The van der Waals surface area contributed by atoms with Crippen LogP contribution in [0.3, 0.4) is 0 Å². The number of hydrogen-bond donors (Lipinski definition) is 2. The van der Waals surface area contributed by atoms with Gasteiger partial charge in [-0.2, -0.15) is 0 Å². The first kappa shape index (κ1) is 12.8. The third-order valence-electron chi connectivity index (χ3n) is 2.06. The molecule has 0 unspecified atom stereocenters. The Hall–Kier alpha value is -1.22. The molecule has 0 atom stereocenters. The maximum atomic E-state index is 11.2. The molecule has 0 aromatic heterocycles. The lowest BCUT2D eigenvalue weighted by atomic mass is 9.96. The largest absolute Gasteiger partial charge is 0.384 e. The first-order chi connectivity index (χ1) is 7.29. The predicted molar refractivity (Wildman–Crippen MR) is 67.9 cm³/mol. The first-order valence-corrected chi connectivity index (χ1v) is 5.50. The van der Waals surface area contributed by atoms with Crippen LogP contribution in [0.4, 0.5) is 5.69 Å². The normalized spacial score (nSPS) is 11.2. The van der Waals surface area contributed by atoms with E-state index in [1.165, 1.54) is 0 Å². The minimum atomic E-state index is -0.473. The molecule has 1 rings (SSSR count).